The number of hydrogen-bond acceptors (Lipinski definition) is 3. The van der Waals surface area contributed by atoms with Crippen LogP contribution in [0.3, 0.4) is 0 Å². The number of nitrogens with zero attached hydrogens (tertiary/aromatic N) is 3. The van der Waals surface area contributed by atoms with Crippen LogP contribution in [-0.2, 0) is 0 Å². The van der Waals surface area contributed by atoms with Gasteiger partial charge in [-0.3, -0.25) is 0 Å². The first kappa shape index (κ1) is 9.28. The summed E-state index contributed by atoms with van der Waals surface area (Å²) < 4.78 is 6.70. The third-order valence-corrected chi connectivity index (χ3v) is 2.05. The Morgan fingerprint density at radius 1 is 1.33 bits per heavy atom. The van der Waals surface area contributed by atoms with Crippen LogP contribution >= 0.6 is 0 Å². The molecule has 0 unspecified atom stereocenters. The molecule has 0 N–H and O–H groups in total. The van der Waals surface area contributed by atoms with E-state index in [1.165, 1.54) is 6.20 Å². The van der Waals surface area contributed by atoms with Gasteiger partial charge in [0, 0.05) is 6.20 Å². The summed E-state index contributed by atoms with van der Waals surface area (Å²) >= 11 is 0. The molecule has 0 aliphatic heterocycles. The molecule has 0 fully saturated rings. The average molecular weight is 199 g/mol. The molecule has 0 saturated heterocycles. The molecule has 0 aliphatic carbocycles. The van der Waals surface area contributed by atoms with Crippen molar-refractivity contribution in [2.75, 3.05) is 7.11 Å². The standard InChI is InChI=1S/C11H9N3O/c1-15-11-4-2-10(3-5-11)14-8-9(6-12)7-13-14/h2-5,7-8H,1H3. The molecule has 0 radical (unpaired) electrons. The van der Waals surface area contributed by atoms with Gasteiger partial charge in [-0.1, -0.05) is 0 Å². The normalized spacial score (nSPS) is 9.60. The van der Waals surface area contributed by atoms with Crippen molar-refractivity contribution >= 4 is 0 Å². The Balaban J connectivity index is 2.33. The molecule has 0 saturated carbocycles. The van der Waals surface area contributed by atoms with E-state index in [1.54, 1.807) is 18.0 Å². The zero-order valence-electron chi connectivity index (χ0n) is 8.21. The molecule has 74 valence electrons. The maximum absolute atomic E-state index is 8.66. The fourth-order valence-electron chi connectivity index (χ4n) is 1.26. The molecular formula is C11H9N3O. The summed E-state index contributed by atoms with van der Waals surface area (Å²) in [7, 11) is 1.62. The zero-order valence-corrected chi connectivity index (χ0v) is 8.21. The van der Waals surface area contributed by atoms with E-state index >= 15 is 0 Å². The highest BCUT2D eigenvalue weighted by atomic mass is 16.5. The molecular weight excluding hydrogens is 190 g/mol. The van der Waals surface area contributed by atoms with Crippen LogP contribution in [0.2, 0.25) is 0 Å². The highest BCUT2D eigenvalue weighted by molar-refractivity contribution is 5.38. The van der Waals surface area contributed by atoms with E-state index in [-0.39, 0.29) is 0 Å². The Hall–Kier alpha value is -2.28. The van der Waals surface area contributed by atoms with Gasteiger partial charge in [0.15, 0.2) is 0 Å². The minimum atomic E-state index is 0.547. The Morgan fingerprint density at radius 2 is 2.07 bits per heavy atom. The fourth-order valence-corrected chi connectivity index (χ4v) is 1.26. The van der Waals surface area contributed by atoms with Crippen LogP contribution in [0, 0.1) is 11.3 Å². The van der Waals surface area contributed by atoms with Crippen molar-refractivity contribution in [2.45, 2.75) is 0 Å². The van der Waals surface area contributed by atoms with Crippen molar-refractivity contribution in [3.63, 3.8) is 0 Å². The van der Waals surface area contributed by atoms with Crippen LogP contribution in [0.25, 0.3) is 5.69 Å². The molecule has 4 nitrogen and oxygen atoms in total. The lowest BCUT2D eigenvalue weighted by atomic mass is 10.3. The van der Waals surface area contributed by atoms with E-state index in [0.717, 1.165) is 11.4 Å². The SMILES string of the molecule is COc1ccc(-n2cc(C#N)cn2)cc1. The smallest absolute Gasteiger partial charge is 0.119 e. The second kappa shape index (κ2) is 3.84. The van der Waals surface area contributed by atoms with Gasteiger partial charge in [0.2, 0.25) is 0 Å². The van der Waals surface area contributed by atoms with E-state index in [0.29, 0.717) is 5.56 Å². The lowest BCUT2D eigenvalue weighted by Crippen LogP contribution is -1.93. The van der Waals surface area contributed by atoms with Crippen molar-refractivity contribution < 1.29 is 4.74 Å². The van der Waals surface area contributed by atoms with Gasteiger partial charge >= 0.3 is 0 Å². The molecule has 0 spiro atoms. The minimum absolute atomic E-state index is 0.547. The van der Waals surface area contributed by atoms with E-state index in [1.807, 2.05) is 30.3 Å². The molecule has 2 aromatic rings. The lowest BCUT2D eigenvalue weighted by molar-refractivity contribution is 0.414. The van der Waals surface area contributed by atoms with Crippen molar-refractivity contribution in [3.8, 4) is 17.5 Å². The number of hydrogen-bond donors (Lipinski definition) is 0. The summed E-state index contributed by atoms with van der Waals surface area (Å²) in [5, 5.41) is 12.7. The first-order chi connectivity index (χ1) is 7.33. The van der Waals surface area contributed by atoms with E-state index in [4.69, 9.17) is 10.00 Å². The third kappa shape index (κ3) is 1.81. The van der Waals surface area contributed by atoms with E-state index in [2.05, 4.69) is 5.10 Å². The van der Waals surface area contributed by atoms with Crippen LogP contribution in [0.4, 0.5) is 0 Å². The van der Waals surface area contributed by atoms with Crippen LogP contribution in [0.5, 0.6) is 5.75 Å². The number of nitriles is 1. The number of rotatable bonds is 2. The minimum Gasteiger partial charge on any atom is -0.497 e. The number of aromatic nitrogens is 2. The molecule has 1 aromatic heterocycles. The number of benzene rings is 1. The highest BCUT2D eigenvalue weighted by Gasteiger charge is 1.99. The summed E-state index contributed by atoms with van der Waals surface area (Å²) in [5.41, 5.74) is 1.45. The van der Waals surface area contributed by atoms with Gasteiger partial charge in [0.25, 0.3) is 0 Å². The van der Waals surface area contributed by atoms with Crippen molar-refractivity contribution in [1.82, 2.24) is 9.78 Å². The fraction of sp³-hybridized carbons (Fsp3) is 0.0909. The van der Waals surface area contributed by atoms with Crippen molar-refractivity contribution in [2.24, 2.45) is 0 Å². The highest BCUT2D eigenvalue weighted by Crippen LogP contribution is 2.14. The molecule has 4 heteroatoms. The molecule has 0 aliphatic rings. The maximum Gasteiger partial charge on any atom is 0.119 e. The van der Waals surface area contributed by atoms with Crippen LogP contribution in [0.1, 0.15) is 5.56 Å². The van der Waals surface area contributed by atoms with Crippen molar-refractivity contribution in [3.05, 3.63) is 42.2 Å². The number of methoxy groups -OCH3 is 1. The van der Waals surface area contributed by atoms with Crippen LogP contribution in [-0.4, -0.2) is 16.9 Å². The van der Waals surface area contributed by atoms with Gasteiger partial charge in [0.05, 0.1) is 24.6 Å². The zero-order chi connectivity index (χ0) is 10.7. The maximum atomic E-state index is 8.66. The quantitative estimate of drug-likeness (QED) is 0.740. The second-order valence-corrected chi connectivity index (χ2v) is 2.98. The molecule has 1 aromatic carbocycles. The third-order valence-electron chi connectivity index (χ3n) is 2.05. The molecule has 0 atom stereocenters. The topological polar surface area (TPSA) is 50.8 Å². The monoisotopic (exact) mass is 199 g/mol. The molecule has 0 amide bonds. The summed E-state index contributed by atoms with van der Waals surface area (Å²) in [6.07, 6.45) is 3.21. The summed E-state index contributed by atoms with van der Waals surface area (Å²) in [6, 6.07) is 9.50. The summed E-state index contributed by atoms with van der Waals surface area (Å²) in [6.45, 7) is 0. The van der Waals surface area contributed by atoms with E-state index < -0.39 is 0 Å². The van der Waals surface area contributed by atoms with Gasteiger partial charge in [-0.25, -0.2) is 4.68 Å². The predicted octanol–water partition coefficient (Wildman–Crippen LogP) is 1.75. The average Bonchev–Trinajstić information content (AvgIpc) is 2.78. The molecule has 15 heavy (non-hydrogen) atoms. The van der Waals surface area contributed by atoms with Gasteiger partial charge in [-0.15, -0.1) is 0 Å². The summed E-state index contributed by atoms with van der Waals surface area (Å²) in [5.74, 6) is 0.798. The van der Waals surface area contributed by atoms with Crippen LogP contribution < -0.4 is 4.74 Å². The second-order valence-electron chi connectivity index (χ2n) is 2.98. The Kier molecular flexibility index (Phi) is 2.38. The molecule has 1 heterocycles. The van der Waals surface area contributed by atoms with Gasteiger partial charge < -0.3 is 4.74 Å². The largest absolute Gasteiger partial charge is 0.497 e. The Bertz CT molecular complexity index is 493. The van der Waals surface area contributed by atoms with E-state index in [9.17, 15) is 0 Å². The first-order valence-corrected chi connectivity index (χ1v) is 4.42. The molecule has 2 rings (SSSR count). The van der Waals surface area contributed by atoms with Gasteiger partial charge in [-0.05, 0) is 24.3 Å². The summed E-state index contributed by atoms with van der Waals surface area (Å²) in [4.78, 5) is 0. The van der Waals surface area contributed by atoms with Gasteiger partial charge in [0.1, 0.15) is 11.8 Å². The predicted molar refractivity (Wildman–Crippen MR) is 54.8 cm³/mol. The lowest BCUT2D eigenvalue weighted by Gasteiger charge is -2.02. The Labute approximate surface area is 87.3 Å². The molecule has 0 bridgehead atoms. The van der Waals surface area contributed by atoms with Gasteiger partial charge in [-0.2, -0.15) is 10.4 Å². The number of ether oxygens (including phenoxy) is 1. The first-order valence-electron chi connectivity index (χ1n) is 4.42. The van der Waals surface area contributed by atoms with Crippen LogP contribution in [0.15, 0.2) is 36.7 Å². The van der Waals surface area contributed by atoms with Crippen molar-refractivity contribution in [1.29, 1.82) is 5.26 Å². The Morgan fingerprint density at radius 3 is 2.60 bits per heavy atom.